The van der Waals surface area contributed by atoms with Crippen LogP contribution in [-0.4, -0.2) is 42.1 Å². The molecule has 2 heterocycles. The number of aliphatic hydroxyl groups excluding tert-OH is 1. The number of benzene rings is 3. The first-order valence-corrected chi connectivity index (χ1v) is 12.1. The molecule has 0 aliphatic carbocycles. The zero-order chi connectivity index (χ0) is 25.4. The summed E-state index contributed by atoms with van der Waals surface area (Å²) >= 11 is 6.25. The molecule has 1 unspecified atom stereocenters. The zero-order valence-electron chi connectivity index (χ0n) is 19.6. The first kappa shape index (κ1) is 23.8. The van der Waals surface area contributed by atoms with Gasteiger partial charge in [-0.15, -0.1) is 0 Å². The normalized spacial score (nSPS) is 19.2. The summed E-state index contributed by atoms with van der Waals surface area (Å²) < 4.78 is 5.18. The average Bonchev–Trinajstić information content (AvgIpc) is 3.51. The van der Waals surface area contributed by atoms with Gasteiger partial charge in [0.25, 0.3) is 11.7 Å². The molecule has 2 aliphatic heterocycles. The summed E-state index contributed by atoms with van der Waals surface area (Å²) in [5.74, 6) is -1.55. The molecular weight excluding hydrogens is 480 g/mol. The van der Waals surface area contributed by atoms with Crippen molar-refractivity contribution < 1.29 is 24.5 Å². The quantitative estimate of drug-likeness (QED) is 0.279. The number of ether oxygens (including phenoxy) is 1. The Morgan fingerprint density at radius 3 is 2.31 bits per heavy atom. The predicted octanol–water partition coefficient (Wildman–Crippen LogP) is 5.28. The van der Waals surface area contributed by atoms with E-state index in [-0.39, 0.29) is 27.7 Å². The van der Waals surface area contributed by atoms with Crippen molar-refractivity contribution in [3.8, 4) is 11.5 Å². The fourth-order valence-corrected chi connectivity index (χ4v) is 5.14. The molecule has 1 atom stereocenters. The van der Waals surface area contributed by atoms with Crippen LogP contribution >= 0.6 is 11.6 Å². The molecular formula is C28H25ClN2O5. The van der Waals surface area contributed by atoms with E-state index in [0.29, 0.717) is 17.0 Å². The molecule has 2 aliphatic rings. The van der Waals surface area contributed by atoms with Crippen molar-refractivity contribution in [2.24, 2.45) is 0 Å². The Labute approximate surface area is 213 Å². The van der Waals surface area contributed by atoms with Crippen LogP contribution in [0.2, 0.25) is 5.02 Å². The number of nitrogens with zero attached hydrogens (tertiary/aromatic N) is 2. The van der Waals surface area contributed by atoms with Crippen molar-refractivity contribution in [1.29, 1.82) is 0 Å². The van der Waals surface area contributed by atoms with Gasteiger partial charge < -0.3 is 19.8 Å². The minimum absolute atomic E-state index is 0.0186. The lowest BCUT2D eigenvalue weighted by Crippen LogP contribution is -2.29. The maximum Gasteiger partial charge on any atom is 0.300 e. The number of carbonyl (C=O) groups is 2. The molecule has 0 spiro atoms. The van der Waals surface area contributed by atoms with Crippen LogP contribution in [-0.2, 0) is 9.59 Å². The highest BCUT2D eigenvalue weighted by Gasteiger charge is 2.47. The number of aliphatic hydroxyl groups is 1. The fourth-order valence-electron chi connectivity index (χ4n) is 4.88. The lowest BCUT2D eigenvalue weighted by atomic mass is 9.95. The van der Waals surface area contributed by atoms with E-state index in [4.69, 9.17) is 16.3 Å². The van der Waals surface area contributed by atoms with E-state index in [2.05, 4.69) is 4.90 Å². The van der Waals surface area contributed by atoms with Gasteiger partial charge in [-0.2, -0.15) is 0 Å². The molecule has 0 radical (unpaired) electrons. The largest absolute Gasteiger partial charge is 0.508 e. The van der Waals surface area contributed by atoms with Gasteiger partial charge in [0.1, 0.15) is 17.3 Å². The highest BCUT2D eigenvalue weighted by molar-refractivity contribution is 6.51. The van der Waals surface area contributed by atoms with Crippen molar-refractivity contribution in [3.63, 3.8) is 0 Å². The zero-order valence-corrected chi connectivity index (χ0v) is 20.4. The highest BCUT2D eigenvalue weighted by Crippen LogP contribution is 2.43. The second kappa shape index (κ2) is 9.59. The van der Waals surface area contributed by atoms with E-state index in [1.807, 2.05) is 12.1 Å². The number of methoxy groups -OCH3 is 1. The van der Waals surface area contributed by atoms with Gasteiger partial charge in [0.05, 0.1) is 23.7 Å². The number of carbonyl (C=O) groups excluding carboxylic acids is 2. The van der Waals surface area contributed by atoms with Crippen LogP contribution in [0.1, 0.15) is 30.0 Å². The van der Waals surface area contributed by atoms with E-state index in [1.54, 1.807) is 36.4 Å². The lowest BCUT2D eigenvalue weighted by molar-refractivity contribution is -0.132. The molecule has 36 heavy (non-hydrogen) atoms. The van der Waals surface area contributed by atoms with Gasteiger partial charge in [0.15, 0.2) is 0 Å². The summed E-state index contributed by atoms with van der Waals surface area (Å²) in [7, 11) is 1.48. The molecule has 0 bridgehead atoms. The van der Waals surface area contributed by atoms with Crippen LogP contribution < -0.4 is 14.5 Å². The third kappa shape index (κ3) is 4.16. The number of amides is 1. The number of hydrogen-bond acceptors (Lipinski definition) is 6. The summed E-state index contributed by atoms with van der Waals surface area (Å²) in [5, 5.41) is 21.7. The maximum absolute atomic E-state index is 13.3. The number of ketones is 1. The first-order chi connectivity index (χ1) is 17.4. The predicted molar refractivity (Wildman–Crippen MR) is 139 cm³/mol. The van der Waals surface area contributed by atoms with Crippen molar-refractivity contribution in [1.82, 2.24) is 0 Å². The van der Waals surface area contributed by atoms with Gasteiger partial charge in [-0.3, -0.25) is 14.5 Å². The average molecular weight is 505 g/mol. The Balaban J connectivity index is 1.63. The Kier molecular flexibility index (Phi) is 6.33. The monoisotopic (exact) mass is 504 g/mol. The summed E-state index contributed by atoms with van der Waals surface area (Å²) in [6, 6.07) is 17.5. The van der Waals surface area contributed by atoms with E-state index in [0.717, 1.165) is 31.6 Å². The summed E-state index contributed by atoms with van der Waals surface area (Å²) in [6.45, 7) is 1.97. The Morgan fingerprint density at radius 2 is 1.67 bits per heavy atom. The molecule has 3 aromatic carbocycles. The van der Waals surface area contributed by atoms with Gasteiger partial charge in [-0.25, -0.2) is 0 Å². The van der Waals surface area contributed by atoms with Gasteiger partial charge >= 0.3 is 0 Å². The van der Waals surface area contributed by atoms with Crippen molar-refractivity contribution in [2.75, 3.05) is 30.0 Å². The summed E-state index contributed by atoms with van der Waals surface area (Å²) in [5.41, 5.74) is 2.23. The molecule has 2 saturated heterocycles. The van der Waals surface area contributed by atoms with Gasteiger partial charge in [0.2, 0.25) is 0 Å². The minimum Gasteiger partial charge on any atom is -0.508 e. The molecule has 2 N–H and O–H groups in total. The number of phenols is 1. The molecule has 8 heteroatoms. The molecule has 3 aromatic rings. The van der Waals surface area contributed by atoms with Crippen LogP contribution in [0.5, 0.6) is 11.5 Å². The molecule has 0 aromatic heterocycles. The molecule has 184 valence electrons. The van der Waals surface area contributed by atoms with Gasteiger partial charge in [0, 0.05) is 30.0 Å². The minimum atomic E-state index is -0.949. The van der Waals surface area contributed by atoms with E-state index in [9.17, 15) is 19.8 Å². The van der Waals surface area contributed by atoms with Crippen LogP contribution in [0.3, 0.4) is 0 Å². The number of phenolic OH excluding ortho intramolecular Hbond substituents is 1. The van der Waals surface area contributed by atoms with Gasteiger partial charge in [-0.05, 0) is 73.0 Å². The van der Waals surface area contributed by atoms with Crippen LogP contribution in [0.4, 0.5) is 11.4 Å². The van der Waals surface area contributed by atoms with E-state index in [1.165, 1.54) is 30.2 Å². The van der Waals surface area contributed by atoms with Crippen LogP contribution in [0.25, 0.3) is 5.76 Å². The van der Waals surface area contributed by atoms with Crippen LogP contribution in [0, 0.1) is 0 Å². The second-order valence-electron chi connectivity index (χ2n) is 8.82. The third-order valence-corrected chi connectivity index (χ3v) is 6.95. The first-order valence-electron chi connectivity index (χ1n) is 11.7. The van der Waals surface area contributed by atoms with E-state index >= 15 is 0 Å². The number of hydrogen-bond donors (Lipinski definition) is 2. The molecule has 2 fully saturated rings. The molecule has 5 rings (SSSR count). The summed E-state index contributed by atoms with van der Waals surface area (Å²) in [4.78, 5) is 30.3. The van der Waals surface area contributed by atoms with Gasteiger partial charge in [-0.1, -0.05) is 23.7 Å². The molecule has 7 nitrogen and oxygen atoms in total. The molecule has 0 saturated carbocycles. The highest BCUT2D eigenvalue weighted by atomic mass is 35.5. The van der Waals surface area contributed by atoms with Crippen molar-refractivity contribution >= 4 is 40.4 Å². The number of aromatic hydroxyl groups is 1. The second-order valence-corrected chi connectivity index (χ2v) is 9.23. The van der Waals surface area contributed by atoms with Crippen molar-refractivity contribution in [3.05, 3.63) is 88.5 Å². The maximum atomic E-state index is 13.3. The van der Waals surface area contributed by atoms with E-state index < -0.39 is 17.7 Å². The standard InChI is InChI=1S/C28H25ClN2O5/c1-36-23-12-7-18(16-22(23)29)26(33)24-25(17-5-4-6-21(32)15-17)31(28(35)27(24)34)20-10-8-19(9-11-20)30-13-2-3-14-30/h4-12,15-16,25,32-33H,2-3,13-14H2,1H3/b26-24-. The lowest BCUT2D eigenvalue weighted by Gasteiger charge is -2.26. The Morgan fingerprint density at radius 1 is 0.972 bits per heavy atom. The summed E-state index contributed by atoms with van der Waals surface area (Å²) in [6.07, 6.45) is 2.28. The SMILES string of the molecule is COc1ccc(/C(O)=C2/C(=O)C(=O)N(c3ccc(N4CCCC4)cc3)C2c2cccc(O)c2)cc1Cl. The Bertz CT molecular complexity index is 1360. The molecule has 1 amide bonds. The number of Topliss-reactive ketones (excluding diaryl/α,β-unsaturated/α-hetero) is 1. The van der Waals surface area contributed by atoms with Crippen molar-refractivity contribution in [2.45, 2.75) is 18.9 Å². The number of rotatable bonds is 5. The Hall–Kier alpha value is -3.97. The van der Waals surface area contributed by atoms with Crippen LogP contribution in [0.15, 0.2) is 72.3 Å². The number of anilines is 2. The number of halogens is 1. The smallest absolute Gasteiger partial charge is 0.300 e. The fraction of sp³-hybridized carbons (Fsp3) is 0.214. The topological polar surface area (TPSA) is 90.3 Å². The third-order valence-electron chi connectivity index (χ3n) is 6.65.